The Morgan fingerprint density at radius 3 is 2.55 bits per heavy atom. The predicted octanol–water partition coefficient (Wildman–Crippen LogP) is 4.66. The number of carbonyl (C=O) groups excluding carboxylic acids is 1. The molecule has 1 N–H and O–H groups in total. The molecule has 146 valence electrons. The fourth-order valence-corrected chi connectivity index (χ4v) is 3.02. The molecule has 6 nitrogen and oxygen atoms in total. The summed E-state index contributed by atoms with van der Waals surface area (Å²) in [5.74, 6) is 1.24. The van der Waals surface area contributed by atoms with E-state index in [4.69, 9.17) is 9.15 Å². The zero-order valence-corrected chi connectivity index (χ0v) is 16.0. The normalized spacial score (nSPS) is 10.7. The van der Waals surface area contributed by atoms with E-state index in [-0.39, 0.29) is 18.3 Å². The van der Waals surface area contributed by atoms with Crippen molar-refractivity contribution in [3.63, 3.8) is 0 Å². The Morgan fingerprint density at radius 1 is 1.07 bits per heavy atom. The minimum Gasteiger partial charge on any atom is -0.489 e. The van der Waals surface area contributed by atoms with Crippen LogP contribution in [-0.4, -0.2) is 15.7 Å². The van der Waals surface area contributed by atoms with Crippen LogP contribution in [0.25, 0.3) is 0 Å². The number of ether oxygens (including phenoxy) is 1. The molecule has 0 radical (unpaired) electrons. The van der Waals surface area contributed by atoms with Crippen LogP contribution in [0.3, 0.4) is 0 Å². The minimum atomic E-state index is -0.337. The van der Waals surface area contributed by atoms with Gasteiger partial charge in [-0.3, -0.25) is 4.79 Å². The second-order valence-electron chi connectivity index (χ2n) is 6.65. The molecular formula is C23H21N3O3. The number of hydrogen-bond donors (Lipinski definition) is 1. The van der Waals surface area contributed by atoms with Crippen molar-refractivity contribution in [2.24, 2.45) is 0 Å². The highest BCUT2D eigenvalue weighted by atomic mass is 16.5. The van der Waals surface area contributed by atoms with Crippen molar-refractivity contribution < 1.29 is 13.9 Å². The topological polar surface area (TPSA) is 69.3 Å². The predicted molar refractivity (Wildman–Crippen MR) is 110 cm³/mol. The Balaban J connectivity index is 1.47. The van der Waals surface area contributed by atoms with Gasteiger partial charge in [0, 0.05) is 11.6 Å². The third-order valence-corrected chi connectivity index (χ3v) is 4.41. The quantitative estimate of drug-likeness (QED) is 0.501. The summed E-state index contributed by atoms with van der Waals surface area (Å²) in [5, 5.41) is 7.39. The number of furan rings is 1. The number of benzene rings is 2. The summed E-state index contributed by atoms with van der Waals surface area (Å²) >= 11 is 0. The number of anilines is 1. The van der Waals surface area contributed by atoms with Crippen LogP contribution in [0.1, 0.15) is 27.4 Å². The molecule has 6 heteroatoms. The van der Waals surface area contributed by atoms with E-state index in [0.29, 0.717) is 17.9 Å². The highest BCUT2D eigenvalue weighted by molar-refractivity contribution is 6.02. The van der Waals surface area contributed by atoms with Gasteiger partial charge >= 0.3 is 0 Å². The van der Waals surface area contributed by atoms with E-state index < -0.39 is 0 Å². The second kappa shape index (κ2) is 8.48. The molecule has 1 amide bonds. The highest BCUT2D eigenvalue weighted by Gasteiger charge is 2.18. The van der Waals surface area contributed by atoms with E-state index in [2.05, 4.69) is 10.4 Å². The molecule has 0 aliphatic carbocycles. The van der Waals surface area contributed by atoms with E-state index in [1.54, 1.807) is 10.7 Å². The number of nitrogens with one attached hydrogen (secondary N) is 1. The molecule has 0 saturated carbocycles. The molecular weight excluding hydrogens is 366 g/mol. The average Bonchev–Trinajstić information content (AvgIpc) is 3.34. The van der Waals surface area contributed by atoms with Crippen LogP contribution in [0.2, 0.25) is 0 Å². The third kappa shape index (κ3) is 4.55. The van der Waals surface area contributed by atoms with Crippen LogP contribution in [0, 0.1) is 6.92 Å². The molecule has 0 aliphatic heterocycles. The number of carbonyl (C=O) groups is 1. The zero-order valence-electron chi connectivity index (χ0n) is 16.0. The lowest BCUT2D eigenvalue weighted by Crippen LogP contribution is -2.17. The van der Waals surface area contributed by atoms with Gasteiger partial charge in [-0.1, -0.05) is 48.5 Å². The Kier molecular flexibility index (Phi) is 5.42. The highest BCUT2D eigenvalue weighted by Crippen LogP contribution is 2.19. The van der Waals surface area contributed by atoms with Crippen LogP contribution in [-0.2, 0) is 13.2 Å². The van der Waals surface area contributed by atoms with Crippen molar-refractivity contribution in [3.05, 3.63) is 102 Å². The maximum absolute atomic E-state index is 12.8. The average molecular weight is 387 g/mol. The van der Waals surface area contributed by atoms with Crippen molar-refractivity contribution >= 4 is 11.7 Å². The number of nitrogens with zero attached hydrogens (tertiary/aromatic N) is 2. The molecule has 29 heavy (non-hydrogen) atoms. The van der Waals surface area contributed by atoms with Gasteiger partial charge in [-0.15, -0.1) is 0 Å². The molecule has 4 rings (SSSR count). The van der Waals surface area contributed by atoms with Gasteiger partial charge in [0.05, 0.1) is 18.5 Å². The summed E-state index contributed by atoms with van der Waals surface area (Å²) in [5.41, 5.74) is 2.60. The standard InChI is InChI=1S/C23H21N3O3/c1-17-14-21(26(25-17)15-18-8-4-2-5-9-18)24-23(27)22-19(12-13-28-22)16-29-20-10-6-3-7-11-20/h2-14H,15-16H2,1H3,(H,24,27). The van der Waals surface area contributed by atoms with Gasteiger partial charge in [-0.05, 0) is 30.7 Å². The van der Waals surface area contributed by atoms with Gasteiger partial charge in [0.25, 0.3) is 5.91 Å². The Bertz CT molecular complexity index is 1090. The zero-order chi connectivity index (χ0) is 20.1. The number of amides is 1. The molecule has 0 fully saturated rings. The second-order valence-corrected chi connectivity index (χ2v) is 6.65. The first-order valence-electron chi connectivity index (χ1n) is 9.33. The summed E-state index contributed by atoms with van der Waals surface area (Å²) in [6.45, 7) is 2.70. The number of aromatic nitrogens is 2. The fourth-order valence-electron chi connectivity index (χ4n) is 3.02. The summed E-state index contributed by atoms with van der Waals surface area (Å²) < 4.78 is 12.9. The fraction of sp³-hybridized carbons (Fsp3) is 0.130. The molecule has 0 spiro atoms. The summed E-state index contributed by atoms with van der Waals surface area (Å²) in [7, 11) is 0. The van der Waals surface area contributed by atoms with Crippen LogP contribution < -0.4 is 10.1 Å². The Hall–Kier alpha value is -3.80. The Morgan fingerprint density at radius 2 is 1.79 bits per heavy atom. The van der Waals surface area contributed by atoms with Crippen molar-refractivity contribution in [3.8, 4) is 5.75 Å². The molecule has 0 bridgehead atoms. The minimum absolute atomic E-state index is 0.228. The lowest BCUT2D eigenvalue weighted by Gasteiger charge is -2.09. The smallest absolute Gasteiger partial charge is 0.292 e. The largest absolute Gasteiger partial charge is 0.489 e. The molecule has 0 saturated heterocycles. The van der Waals surface area contributed by atoms with Crippen molar-refractivity contribution in [1.29, 1.82) is 0 Å². The van der Waals surface area contributed by atoms with Crippen LogP contribution >= 0.6 is 0 Å². The lowest BCUT2D eigenvalue weighted by molar-refractivity contribution is 0.0992. The van der Waals surface area contributed by atoms with Crippen molar-refractivity contribution in [2.45, 2.75) is 20.1 Å². The van der Waals surface area contributed by atoms with E-state index in [9.17, 15) is 4.79 Å². The van der Waals surface area contributed by atoms with Crippen LogP contribution in [0.5, 0.6) is 5.75 Å². The summed E-state index contributed by atoms with van der Waals surface area (Å²) in [6.07, 6.45) is 1.49. The first-order chi connectivity index (χ1) is 14.2. The van der Waals surface area contributed by atoms with Gasteiger partial charge in [-0.2, -0.15) is 5.10 Å². The Labute approximate surface area is 168 Å². The van der Waals surface area contributed by atoms with E-state index in [0.717, 1.165) is 17.0 Å². The van der Waals surface area contributed by atoms with Crippen LogP contribution in [0.4, 0.5) is 5.82 Å². The molecule has 0 atom stereocenters. The SMILES string of the molecule is Cc1cc(NC(=O)c2occc2COc2ccccc2)n(Cc2ccccc2)n1. The maximum atomic E-state index is 12.8. The van der Waals surface area contributed by atoms with Gasteiger partial charge < -0.3 is 14.5 Å². The molecule has 2 aromatic heterocycles. The number of para-hydroxylation sites is 1. The number of aryl methyl sites for hydroxylation is 1. The van der Waals surface area contributed by atoms with Gasteiger partial charge in [-0.25, -0.2) is 4.68 Å². The third-order valence-electron chi connectivity index (χ3n) is 4.41. The molecule has 0 aliphatic rings. The molecule has 0 unspecified atom stereocenters. The molecule has 4 aromatic rings. The summed E-state index contributed by atoms with van der Waals surface area (Å²) in [4.78, 5) is 12.8. The first-order valence-corrected chi connectivity index (χ1v) is 9.33. The van der Waals surface area contributed by atoms with Gasteiger partial charge in [0.1, 0.15) is 18.2 Å². The van der Waals surface area contributed by atoms with Gasteiger partial charge in [0.15, 0.2) is 5.76 Å². The van der Waals surface area contributed by atoms with Gasteiger partial charge in [0.2, 0.25) is 0 Å². The number of rotatable bonds is 7. The van der Waals surface area contributed by atoms with Crippen LogP contribution in [0.15, 0.2) is 83.5 Å². The number of hydrogen-bond acceptors (Lipinski definition) is 4. The maximum Gasteiger partial charge on any atom is 0.292 e. The van der Waals surface area contributed by atoms with E-state index in [1.165, 1.54) is 6.26 Å². The lowest BCUT2D eigenvalue weighted by atomic mass is 10.2. The molecule has 2 aromatic carbocycles. The molecule has 2 heterocycles. The summed E-state index contributed by atoms with van der Waals surface area (Å²) in [6, 6.07) is 23.0. The van der Waals surface area contributed by atoms with Crippen molar-refractivity contribution in [1.82, 2.24) is 9.78 Å². The first kappa shape index (κ1) is 18.6. The van der Waals surface area contributed by atoms with E-state index >= 15 is 0 Å². The van der Waals surface area contributed by atoms with Crippen molar-refractivity contribution in [2.75, 3.05) is 5.32 Å². The monoisotopic (exact) mass is 387 g/mol. The van der Waals surface area contributed by atoms with E-state index in [1.807, 2.05) is 73.7 Å².